The van der Waals surface area contributed by atoms with Gasteiger partial charge < -0.3 is 16.0 Å². The van der Waals surface area contributed by atoms with Gasteiger partial charge in [-0.05, 0) is 76.3 Å². The molecule has 4 fully saturated rings. The number of hydrogen-bond donors (Lipinski definition) is 3. The molecule has 184 valence electrons. The third-order valence-electron chi connectivity index (χ3n) is 8.13. The predicted octanol–water partition coefficient (Wildman–Crippen LogP) is 2.20. The van der Waals surface area contributed by atoms with E-state index in [1.54, 1.807) is 4.31 Å². The van der Waals surface area contributed by atoms with Crippen molar-refractivity contribution in [1.82, 2.24) is 20.3 Å². The Bertz CT molecular complexity index is 715. The van der Waals surface area contributed by atoms with Crippen LogP contribution < -0.4 is 16.0 Å². The van der Waals surface area contributed by atoms with Gasteiger partial charge in [-0.1, -0.05) is 19.3 Å². The van der Waals surface area contributed by atoms with Crippen LogP contribution >= 0.6 is 11.6 Å². The lowest BCUT2D eigenvalue weighted by molar-refractivity contribution is -0.122. The van der Waals surface area contributed by atoms with Crippen molar-refractivity contribution in [2.24, 2.45) is 11.8 Å². The van der Waals surface area contributed by atoms with Gasteiger partial charge in [0.15, 0.2) is 0 Å². The summed E-state index contributed by atoms with van der Waals surface area (Å²) < 4.78 is 27.7. The van der Waals surface area contributed by atoms with Gasteiger partial charge in [-0.15, -0.1) is 11.6 Å². The van der Waals surface area contributed by atoms with Gasteiger partial charge >= 0.3 is 0 Å². The Balaban J connectivity index is 1.09. The van der Waals surface area contributed by atoms with E-state index in [9.17, 15) is 13.2 Å². The van der Waals surface area contributed by atoms with Gasteiger partial charge in [0, 0.05) is 31.1 Å². The van der Waals surface area contributed by atoms with Gasteiger partial charge in [-0.2, -0.15) is 0 Å². The maximum Gasteiger partial charge on any atom is 0.237 e. The smallest absolute Gasteiger partial charge is 0.237 e. The van der Waals surface area contributed by atoms with Crippen LogP contribution in [-0.2, 0) is 14.8 Å². The largest absolute Gasteiger partial charge is 0.355 e. The SMILES string of the molecule is O=C(NCCCCC1CCN(S(=O)(=O)C2CCCC(Cl)C2)CC1)C1CC2CNCCC2N1. The van der Waals surface area contributed by atoms with Crippen LogP contribution in [-0.4, -0.2) is 74.1 Å². The molecular weight excluding hydrogens is 448 g/mol. The van der Waals surface area contributed by atoms with Crippen molar-refractivity contribution in [3.05, 3.63) is 0 Å². The van der Waals surface area contributed by atoms with Crippen molar-refractivity contribution < 1.29 is 13.2 Å². The number of sulfonamides is 1. The van der Waals surface area contributed by atoms with Crippen LogP contribution in [0.25, 0.3) is 0 Å². The number of carbonyl (C=O) groups is 1. The summed E-state index contributed by atoms with van der Waals surface area (Å²) in [5.41, 5.74) is 0. The van der Waals surface area contributed by atoms with Crippen LogP contribution in [0.4, 0.5) is 0 Å². The lowest BCUT2D eigenvalue weighted by Gasteiger charge is -2.35. The van der Waals surface area contributed by atoms with Gasteiger partial charge in [-0.25, -0.2) is 12.7 Å². The molecule has 4 rings (SSSR count). The fraction of sp³-hybridized carbons (Fsp3) is 0.957. The third-order valence-corrected chi connectivity index (χ3v) is 10.9. The summed E-state index contributed by atoms with van der Waals surface area (Å²) in [5, 5.41) is 9.78. The first-order chi connectivity index (χ1) is 15.4. The highest BCUT2D eigenvalue weighted by Gasteiger charge is 2.38. The van der Waals surface area contributed by atoms with Gasteiger partial charge in [0.1, 0.15) is 0 Å². The van der Waals surface area contributed by atoms with E-state index in [2.05, 4.69) is 16.0 Å². The Kier molecular flexibility index (Phi) is 8.76. The number of nitrogens with one attached hydrogen (secondary N) is 3. The second kappa shape index (κ2) is 11.3. The number of hydrogen-bond acceptors (Lipinski definition) is 5. The molecule has 1 aliphatic carbocycles. The Morgan fingerprint density at radius 2 is 1.88 bits per heavy atom. The molecule has 3 saturated heterocycles. The fourth-order valence-electron chi connectivity index (χ4n) is 6.12. The second-order valence-corrected chi connectivity index (χ2v) is 13.2. The summed E-state index contributed by atoms with van der Waals surface area (Å²) in [4.78, 5) is 12.5. The molecule has 32 heavy (non-hydrogen) atoms. The highest BCUT2D eigenvalue weighted by Crippen LogP contribution is 2.32. The van der Waals surface area contributed by atoms with Crippen LogP contribution in [0.15, 0.2) is 0 Å². The average molecular weight is 489 g/mol. The van der Waals surface area contributed by atoms with Gasteiger partial charge in [-0.3, -0.25) is 4.79 Å². The van der Waals surface area contributed by atoms with E-state index in [1.165, 1.54) is 0 Å². The number of carbonyl (C=O) groups excluding carboxylic acids is 1. The third kappa shape index (κ3) is 6.17. The van der Waals surface area contributed by atoms with Gasteiger partial charge in [0.2, 0.25) is 15.9 Å². The maximum absolute atomic E-state index is 13.0. The first kappa shape index (κ1) is 24.7. The Hall–Kier alpha value is -0.410. The van der Waals surface area contributed by atoms with E-state index >= 15 is 0 Å². The first-order valence-corrected chi connectivity index (χ1v) is 14.7. The van der Waals surface area contributed by atoms with Crippen molar-refractivity contribution in [3.8, 4) is 0 Å². The highest BCUT2D eigenvalue weighted by atomic mass is 35.5. The number of piperidine rings is 2. The topological polar surface area (TPSA) is 90.5 Å². The van der Waals surface area contributed by atoms with E-state index in [0.29, 0.717) is 37.4 Å². The number of unbranched alkanes of at least 4 members (excludes halogenated alkanes) is 1. The molecule has 5 unspecified atom stereocenters. The lowest BCUT2D eigenvalue weighted by Crippen LogP contribution is -2.45. The van der Waals surface area contributed by atoms with Crippen molar-refractivity contribution in [1.29, 1.82) is 0 Å². The fourth-order valence-corrected chi connectivity index (χ4v) is 8.67. The molecule has 0 spiro atoms. The van der Waals surface area contributed by atoms with Crippen molar-refractivity contribution in [3.63, 3.8) is 0 Å². The quantitative estimate of drug-likeness (QED) is 0.360. The van der Waals surface area contributed by atoms with Crippen molar-refractivity contribution in [2.45, 2.75) is 93.3 Å². The molecule has 0 aromatic heterocycles. The van der Waals surface area contributed by atoms with Crippen LogP contribution in [0, 0.1) is 11.8 Å². The number of nitrogens with zero attached hydrogens (tertiary/aromatic N) is 1. The number of fused-ring (bicyclic) bond motifs is 1. The lowest BCUT2D eigenvalue weighted by atomic mass is 9.92. The highest BCUT2D eigenvalue weighted by molar-refractivity contribution is 7.89. The van der Waals surface area contributed by atoms with Crippen LogP contribution in [0.5, 0.6) is 0 Å². The molecule has 5 atom stereocenters. The van der Waals surface area contributed by atoms with Gasteiger partial charge in [0.05, 0.1) is 11.3 Å². The zero-order valence-corrected chi connectivity index (χ0v) is 20.8. The second-order valence-electron chi connectivity index (χ2n) is 10.4. The number of halogens is 1. The molecule has 0 bridgehead atoms. The number of amides is 1. The summed E-state index contributed by atoms with van der Waals surface area (Å²) in [6, 6.07) is 0.464. The van der Waals surface area contributed by atoms with E-state index in [-0.39, 0.29) is 22.6 Å². The van der Waals surface area contributed by atoms with Crippen molar-refractivity contribution >= 4 is 27.5 Å². The minimum atomic E-state index is -3.20. The number of alkyl halides is 1. The minimum absolute atomic E-state index is 0.00662. The molecule has 9 heteroatoms. The molecular formula is C23H41ClN4O3S. The van der Waals surface area contributed by atoms with E-state index in [4.69, 9.17) is 11.6 Å². The van der Waals surface area contributed by atoms with Gasteiger partial charge in [0.25, 0.3) is 0 Å². The minimum Gasteiger partial charge on any atom is -0.355 e. The monoisotopic (exact) mass is 488 g/mol. The zero-order valence-electron chi connectivity index (χ0n) is 19.2. The molecule has 3 aliphatic heterocycles. The first-order valence-electron chi connectivity index (χ1n) is 12.8. The zero-order chi connectivity index (χ0) is 22.6. The summed E-state index contributed by atoms with van der Waals surface area (Å²) in [5.74, 6) is 1.33. The number of rotatable bonds is 8. The molecule has 0 radical (unpaired) electrons. The molecule has 0 aromatic carbocycles. The molecule has 3 N–H and O–H groups in total. The average Bonchev–Trinajstić information content (AvgIpc) is 3.23. The molecule has 3 heterocycles. The summed E-state index contributed by atoms with van der Waals surface area (Å²) in [7, 11) is -3.20. The summed E-state index contributed by atoms with van der Waals surface area (Å²) in [6.07, 6.45) is 10.4. The van der Waals surface area contributed by atoms with Crippen LogP contribution in [0.2, 0.25) is 0 Å². The molecule has 4 aliphatic rings. The Morgan fingerprint density at radius 1 is 1.06 bits per heavy atom. The molecule has 7 nitrogen and oxygen atoms in total. The Morgan fingerprint density at radius 3 is 2.62 bits per heavy atom. The maximum atomic E-state index is 13.0. The summed E-state index contributed by atoms with van der Waals surface area (Å²) >= 11 is 6.23. The van der Waals surface area contributed by atoms with E-state index < -0.39 is 10.0 Å². The Labute approximate surface area is 198 Å². The normalized spacial score (nSPS) is 34.8. The molecule has 1 saturated carbocycles. The van der Waals surface area contributed by atoms with Crippen molar-refractivity contribution in [2.75, 3.05) is 32.7 Å². The predicted molar refractivity (Wildman–Crippen MR) is 128 cm³/mol. The molecule has 1 amide bonds. The van der Waals surface area contributed by atoms with E-state index in [1.807, 2.05) is 0 Å². The standard InChI is InChI=1S/C23H41ClN4O3S/c24-19-5-3-6-20(15-19)32(30,31)28-12-8-17(9-13-28)4-1-2-10-26-23(29)22-14-18-16-25-11-7-21(18)27-22/h17-22,25,27H,1-16H2,(H,26,29). The van der Waals surface area contributed by atoms with E-state index in [0.717, 1.165) is 83.8 Å². The molecule has 0 aromatic rings. The van der Waals surface area contributed by atoms with Crippen LogP contribution in [0.3, 0.4) is 0 Å². The van der Waals surface area contributed by atoms with Crippen LogP contribution in [0.1, 0.15) is 70.6 Å². The summed E-state index contributed by atoms with van der Waals surface area (Å²) in [6.45, 7) is 4.10.